The maximum Gasteiger partial charge on any atom is 0.307 e. The number of amides is 1. The van der Waals surface area contributed by atoms with E-state index in [2.05, 4.69) is 5.32 Å². The van der Waals surface area contributed by atoms with Crippen LogP contribution < -0.4 is 5.32 Å². The van der Waals surface area contributed by atoms with Gasteiger partial charge in [-0.25, -0.2) is 4.39 Å². The second kappa shape index (κ2) is 6.47. The zero-order valence-electron chi connectivity index (χ0n) is 10.9. The summed E-state index contributed by atoms with van der Waals surface area (Å²) in [6, 6.07) is 4.01. The van der Waals surface area contributed by atoms with Crippen molar-refractivity contribution < 1.29 is 23.8 Å². The second-order valence-corrected chi connectivity index (χ2v) is 4.78. The van der Waals surface area contributed by atoms with Gasteiger partial charge in [-0.3, -0.25) is 9.59 Å². The lowest BCUT2D eigenvalue weighted by molar-refractivity contribution is -0.136. The molecule has 20 heavy (non-hydrogen) atoms. The highest BCUT2D eigenvalue weighted by atomic mass is 19.1. The van der Waals surface area contributed by atoms with Gasteiger partial charge >= 0.3 is 5.97 Å². The van der Waals surface area contributed by atoms with Crippen LogP contribution in [0.1, 0.15) is 18.4 Å². The van der Waals surface area contributed by atoms with Gasteiger partial charge in [0.05, 0.1) is 18.9 Å². The number of carboxylic acids is 1. The number of rotatable bonds is 4. The molecule has 108 valence electrons. The molecule has 1 aromatic rings. The number of benzene rings is 1. The summed E-state index contributed by atoms with van der Waals surface area (Å²) in [4.78, 5) is 22.5. The molecular weight excluding hydrogens is 265 g/mol. The maximum absolute atomic E-state index is 13.7. The van der Waals surface area contributed by atoms with Crippen LogP contribution in [0, 0.1) is 11.7 Å². The molecule has 0 aliphatic carbocycles. The fourth-order valence-electron chi connectivity index (χ4n) is 2.12. The van der Waals surface area contributed by atoms with Gasteiger partial charge in [-0.15, -0.1) is 0 Å². The van der Waals surface area contributed by atoms with Gasteiger partial charge in [-0.2, -0.15) is 0 Å². The highest BCUT2D eigenvalue weighted by molar-refractivity contribution is 5.92. The van der Waals surface area contributed by atoms with E-state index in [1.54, 1.807) is 0 Å². The van der Waals surface area contributed by atoms with E-state index < -0.39 is 11.8 Å². The van der Waals surface area contributed by atoms with Crippen LogP contribution in [-0.4, -0.2) is 30.2 Å². The Hall–Kier alpha value is -1.95. The van der Waals surface area contributed by atoms with Crippen molar-refractivity contribution in [1.82, 2.24) is 0 Å². The molecule has 1 unspecified atom stereocenters. The Kier molecular flexibility index (Phi) is 4.68. The molecule has 1 amide bonds. The summed E-state index contributed by atoms with van der Waals surface area (Å²) in [6.07, 6.45) is 1.21. The van der Waals surface area contributed by atoms with Crippen molar-refractivity contribution in [3.05, 3.63) is 29.6 Å². The predicted molar refractivity (Wildman–Crippen MR) is 69.9 cm³/mol. The lowest BCUT2D eigenvalue weighted by Gasteiger charge is -2.21. The summed E-state index contributed by atoms with van der Waals surface area (Å²) in [6.45, 7) is 1.05. The molecule has 0 spiro atoms. The maximum atomic E-state index is 13.7. The van der Waals surface area contributed by atoms with Gasteiger partial charge in [-0.1, -0.05) is 6.07 Å². The van der Waals surface area contributed by atoms with Crippen molar-refractivity contribution >= 4 is 17.6 Å². The normalized spacial score (nSPS) is 18.6. The number of carboxylic acid groups (broad SMARTS) is 1. The third-order valence-electron chi connectivity index (χ3n) is 3.19. The zero-order chi connectivity index (χ0) is 14.5. The number of ether oxygens (including phenoxy) is 1. The number of carbonyl (C=O) groups excluding carboxylic acids is 1. The standard InChI is InChI=1S/C14H16FNO4/c15-12-7-11(4-3-9(12)6-13(17)18)16-14(19)10-2-1-5-20-8-10/h3-4,7,10H,1-2,5-6,8H2,(H,16,19)(H,17,18). The van der Waals surface area contributed by atoms with Gasteiger partial charge in [0.1, 0.15) is 5.82 Å². The molecule has 5 nitrogen and oxygen atoms in total. The molecular formula is C14H16FNO4. The van der Waals surface area contributed by atoms with Gasteiger partial charge in [0, 0.05) is 12.3 Å². The fourth-order valence-corrected chi connectivity index (χ4v) is 2.12. The van der Waals surface area contributed by atoms with Gasteiger partial charge in [0.25, 0.3) is 0 Å². The van der Waals surface area contributed by atoms with Crippen LogP contribution in [-0.2, 0) is 20.7 Å². The van der Waals surface area contributed by atoms with E-state index in [-0.39, 0.29) is 23.8 Å². The molecule has 0 radical (unpaired) electrons. The third-order valence-corrected chi connectivity index (χ3v) is 3.19. The first-order chi connectivity index (χ1) is 9.56. The van der Waals surface area contributed by atoms with Crippen LogP contribution in [0.25, 0.3) is 0 Å². The minimum Gasteiger partial charge on any atom is -0.481 e. The summed E-state index contributed by atoms with van der Waals surface area (Å²) in [5, 5.41) is 11.3. The summed E-state index contributed by atoms with van der Waals surface area (Å²) >= 11 is 0. The Bertz CT molecular complexity index is 512. The van der Waals surface area contributed by atoms with Crippen molar-refractivity contribution in [3.63, 3.8) is 0 Å². The van der Waals surface area contributed by atoms with Crippen molar-refractivity contribution in [2.24, 2.45) is 5.92 Å². The van der Waals surface area contributed by atoms with Crippen molar-refractivity contribution in [3.8, 4) is 0 Å². The molecule has 1 aliphatic heterocycles. The summed E-state index contributed by atoms with van der Waals surface area (Å²) in [5.74, 6) is -2.15. The number of aliphatic carboxylic acids is 1. The number of halogens is 1. The van der Waals surface area contributed by atoms with E-state index in [1.165, 1.54) is 12.1 Å². The first-order valence-electron chi connectivity index (χ1n) is 6.45. The van der Waals surface area contributed by atoms with E-state index >= 15 is 0 Å². The monoisotopic (exact) mass is 281 g/mol. The summed E-state index contributed by atoms with van der Waals surface area (Å²) in [5.41, 5.74) is 0.420. The average Bonchev–Trinajstić information content (AvgIpc) is 2.42. The Morgan fingerprint density at radius 1 is 1.45 bits per heavy atom. The lowest BCUT2D eigenvalue weighted by Crippen LogP contribution is -2.30. The summed E-state index contributed by atoms with van der Waals surface area (Å²) < 4.78 is 18.9. The van der Waals surface area contributed by atoms with E-state index in [9.17, 15) is 14.0 Å². The minimum atomic E-state index is -1.10. The molecule has 2 rings (SSSR count). The predicted octanol–water partition coefficient (Wildman–Crippen LogP) is 1.82. The molecule has 2 N–H and O–H groups in total. The molecule has 1 atom stereocenters. The Morgan fingerprint density at radius 2 is 2.25 bits per heavy atom. The molecule has 0 aromatic heterocycles. The van der Waals surface area contributed by atoms with E-state index in [4.69, 9.17) is 9.84 Å². The highest BCUT2D eigenvalue weighted by Gasteiger charge is 2.22. The van der Waals surface area contributed by atoms with Crippen LogP contribution in [0.5, 0.6) is 0 Å². The zero-order valence-corrected chi connectivity index (χ0v) is 10.9. The topological polar surface area (TPSA) is 75.6 Å². The van der Waals surface area contributed by atoms with E-state index in [1.807, 2.05) is 0 Å². The fraction of sp³-hybridized carbons (Fsp3) is 0.429. The Morgan fingerprint density at radius 3 is 2.85 bits per heavy atom. The van der Waals surface area contributed by atoms with Gasteiger partial charge in [0.15, 0.2) is 0 Å². The van der Waals surface area contributed by atoms with Gasteiger partial charge < -0.3 is 15.2 Å². The van der Waals surface area contributed by atoms with E-state index in [0.717, 1.165) is 18.9 Å². The van der Waals surface area contributed by atoms with Crippen molar-refractivity contribution in [2.45, 2.75) is 19.3 Å². The van der Waals surface area contributed by atoms with Crippen LogP contribution in [0.4, 0.5) is 10.1 Å². The second-order valence-electron chi connectivity index (χ2n) is 4.78. The van der Waals surface area contributed by atoms with Gasteiger partial charge in [0.2, 0.25) is 5.91 Å². The van der Waals surface area contributed by atoms with Crippen molar-refractivity contribution in [2.75, 3.05) is 18.5 Å². The van der Waals surface area contributed by atoms with Crippen LogP contribution in [0.2, 0.25) is 0 Å². The largest absolute Gasteiger partial charge is 0.481 e. The Balaban J connectivity index is 2.00. The third kappa shape index (κ3) is 3.77. The molecule has 1 heterocycles. The Labute approximate surface area is 115 Å². The van der Waals surface area contributed by atoms with Crippen LogP contribution >= 0.6 is 0 Å². The van der Waals surface area contributed by atoms with Gasteiger partial charge in [-0.05, 0) is 30.5 Å². The molecule has 1 aliphatic rings. The molecule has 1 fully saturated rings. The SMILES string of the molecule is O=C(O)Cc1ccc(NC(=O)C2CCCOC2)cc1F. The number of anilines is 1. The number of carbonyl (C=O) groups is 2. The smallest absolute Gasteiger partial charge is 0.307 e. The highest BCUT2D eigenvalue weighted by Crippen LogP contribution is 2.19. The molecule has 1 saturated heterocycles. The first kappa shape index (κ1) is 14.5. The summed E-state index contributed by atoms with van der Waals surface area (Å²) in [7, 11) is 0. The van der Waals surface area contributed by atoms with E-state index in [0.29, 0.717) is 18.9 Å². The number of nitrogens with one attached hydrogen (secondary N) is 1. The molecule has 1 aromatic carbocycles. The van der Waals surface area contributed by atoms with Crippen molar-refractivity contribution in [1.29, 1.82) is 0 Å². The quantitative estimate of drug-likeness (QED) is 0.882. The molecule has 6 heteroatoms. The average molecular weight is 281 g/mol. The number of hydrogen-bond acceptors (Lipinski definition) is 3. The molecule has 0 saturated carbocycles. The minimum absolute atomic E-state index is 0.0940. The number of hydrogen-bond donors (Lipinski definition) is 2. The first-order valence-corrected chi connectivity index (χ1v) is 6.45. The van der Waals surface area contributed by atoms with Crippen LogP contribution in [0.15, 0.2) is 18.2 Å². The lowest BCUT2D eigenvalue weighted by atomic mass is 10.0. The molecule has 0 bridgehead atoms. The van der Waals surface area contributed by atoms with Crippen LogP contribution in [0.3, 0.4) is 0 Å².